The fraction of sp³-hybridized carbons (Fsp3) is 0.292. The van der Waals surface area contributed by atoms with Crippen LogP contribution in [0, 0.1) is 6.92 Å². The summed E-state index contributed by atoms with van der Waals surface area (Å²) in [4.78, 5) is 28.7. The van der Waals surface area contributed by atoms with Crippen LogP contribution >= 0.6 is 11.3 Å². The Balaban J connectivity index is 1.44. The van der Waals surface area contributed by atoms with Crippen LogP contribution in [0.4, 0.5) is 5.69 Å². The lowest BCUT2D eigenvalue weighted by molar-refractivity contribution is -0.145. The largest absolute Gasteiger partial charge is 0.497 e. The van der Waals surface area contributed by atoms with Crippen molar-refractivity contribution in [3.05, 3.63) is 69.7 Å². The average molecular weight is 455 g/mol. The summed E-state index contributed by atoms with van der Waals surface area (Å²) < 4.78 is 15.8. The van der Waals surface area contributed by atoms with Crippen molar-refractivity contribution in [1.82, 2.24) is 4.98 Å². The molecule has 0 aliphatic rings. The van der Waals surface area contributed by atoms with Gasteiger partial charge in [0.25, 0.3) is 0 Å². The minimum Gasteiger partial charge on any atom is -0.497 e. The molecule has 0 aliphatic heterocycles. The summed E-state index contributed by atoms with van der Waals surface area (Å²) in [6.45, 7) is 2.07. The Labute approximate surface area is 191 Å². The van der Waals surface area contributed by atoms with Gasteiger partial charge in [-0.05, 0) is 43.2 Å². The van der Waals surface area contributed by atoms with Gasteiger partial charge in [-0.2, -0.15) is 0 Å². The van der Waals surface area contributed by atoms with Gasteiger partial charge in [-0.3, -0.25) is 9.59 Å². The summed E-state index contributed by atoms with van der Waals surface area (Å²) in [5.41, 5.74) is 3.43. The molecule has 3 aromatic rings. The first-order valence-corrected chi connectivity index (χ1v) is 11.0. The molecule has 0 radical (unpaired) electrons. The van der Waals surface area contributed by atoms with Gasteiger partial charge < -0.3 is 19.5 Å². The molecule has 3 rings (SSSR count). The first-order valence-electron chi connectivity index (χ1n) is 10.1. The van der Waals surface area contributed by atoms with Gasteiger partial charge in [0.1, 0.15) is 23.1 Å². The van der Waals surface area contributed by atoms with Crippen molar-refractivity contribution >= 4 is 28.9 Å². The normalized spacial score (nSPS) is 10.5. The summed E-state index contributed by atoms with van der Waals surface area (Å²) in [6.07, 6.45) is 0.907. The number of nitrogens with zero attached hydrogens (tertiary/aromatic N) is 1. The summed E-state index contributed by atoms with van der Waals surface area (Å²) in [6, 6.07) is 13.1. The summed E-state index contributed by atoms with van der Waals surface area (Å²) in [5, 5.41) is 5.32. The summed E-state index contributed by atoms with van der Waals surface area (Å²) in [7, 11) is 3.17. The highest BCUT2D eigenvalue weighted by Crippen LogP contribution is 2.23. The highest BCUT2D eigenvalue weighted by molar-refractivity contribution is 7.09. The van der Waals surface area contributed by atoms with E-state index in [4.69, 9.17) is 14.2 Å². The molecular formula is C24H26N2O5S. The van der Waals surface area contributed by atoms with Gasteiger partial charge in [0.05, 0.1) is 26.3 Å². The van der Waals surface area contributed by atoms with Gasteiger partial charge >= 0.3 is 5.97 Å². The average Bonchev–Trinajstić information content (AvgIpc) is 3.24. The van der Waals surface area contributed by atoms with E-state index in [9.17, 15) is 9.59 Å². The zero-order valence-electron chi connectivity index (χ0n) is 18.3. The fourth-order valence-corrected chi connectivity index (χ4v) is 3.74. The number of aryl methyl sites for hydroxylation is 2. The molecule has 0 saturated heterocycles. The SMILES string of the molecule is COc1cc(CCC(=O)OCc2csc(CC(=O)Nc3ccc(C)cc3)n2)cc(OC)c1. The van der Waals surface area contributed by atoms with Gasteiger partial charge in [-0.25, -0.2) is 4.98 Å². The molecular weight excluding hydrogens is 428 g/mol. The third-order valence-corrected chi connectivity index (χ3v) is 5.55. The van der Waals surface area contributed by atoms with Crippen LogP contribution in [0.25, 0.3) is 0 Å². The van der Waals surface area contributed by atoms with Crippen molar-refractivity contribution in [3.8, 4) is 11.5 Å². The molecule has 1 heterocycles. The maximum atomic E-state index is 12.2. The monoisotopic (exact) mass is 454 g/mol. The van der Waals surface area contributed by atoms with Crippen molar-refractivity contribution in [2.45, 2.75) is 32.8 Å². The van der Waals surface area contributed by atoms with Crippen molar-refractivity contribution in [1.29, 1.82) is 0 Å². The van der Waals surface area contributed by atoms with Crippen LogP contribution in [0.2, 0.25) is 0 Å². The topological polar surface area (TPSA) is 86.8 Å². The summed E-state index contributed by atoms with van der Waals surface area (Å²) in [5.74, 6) is 0.891. The number of esters is 1. The van der Waals surface area contributed by atoms with Crippen LogP contribution in [-0.2, 0) is 33.8 Å². The Morgan fingerprint density at radius 2 is 1.72 bits per heavy atom. The minimum atomic E-state index is -0.321. The van der Waals surface area contributed by atoms with E-state index in [1.54, 1.807) is 25.7 Å². The molecule has 2 aromatic carbocycles. The van der Waals surface area contributed by atoms with Crippen LogP contribution < -0.4 is 14.8 Å². The second-order valence-corrected chi connectivity index (χ2v) is 8.15. The first-order chi connectivity index (χ1) is 15.4. The van der Waals surface area contributed by atoms with E-state index in [1.807, 2.05) is 43.3 Å². The van der Waals surface area contributed by atoms with E-state index >= 15 is 0 Å². The van der Waals surface area contributed by atoms with E-state index in [2.05, 4.69) is 10.3 Å². The molecule has 0 fully saturated rings. The second-order valence-electron chi connectivity index (χ2n) is 7.21. The van der Waals surface area contributed by atoms with Crippen molar-refractivity contribution in [2.24, 2.45) is 0 Å². The molecule has 168 valence electrons. The van der Waals surface area contributed by atoms with Crippen LogP contribution in [0.15, 0.2) is 47.8 Å². The standard InChI is InChI=1S/C24H26N2O5S/c1-16-4-7-18(8-5-16)25-22(27)13-23-26-19(15-32-23)14-31-24(28)9-6-17-10-20(29-2)12-21(11-17)30-3/h4-5,7-8,10-12,15H,6,9,13-14H2,1-3H3,(H,25,27). The minimum absolute atomic E-state index is 0.0797. The number of thiazole rings is 1. The number of anilines is 1. The maximum Gasteiger partial charge on any atom is 0.306 e. The van der Waals surface area contributed by atoms with Crippen LogP contribution in [-0.4, -0.2) is 31.1 Å². The Hall–Kier alpha value is -3.39. The van der Waals surface area contributed by atoms with E-state index in [0.29, 0.717) is 28.6 Å². The number of aromatic nitrogens is 1. The molecule has 1 N–H and O–H groups in total. The number of benzene rings is 2. The quantitative estimate of drug-likeness (QED) is 0.459. The van der Waals surface area contributed by atoms with Gasteiger partial charge in [0, 0.05) is 23.6 Å². The van der Waals surface area contributed by atoms with Crippen molar-refractivity contribution in [2.75, 3.05) is 19.5 Å². The zero-order chi connectivity index (χ0) is 22.9. The predicted molar refractivity (Wildman–Crippen MR) is 123 cm³/mol. The highest BCUT2D eigenvalue weighted by atomic mass is 32.1. The zero-order valence-corrected chi connectivity index (χ0v) is 19.2. The van der Waals surface area contributed by atoms with E-state index in [1.165, 1.54) is 11.3 Å². The van der Waals surface area contributed by atoms with Crippen LogP contribution in [0.1, 0.15) is 28.2 Å². The Morgan fingerprint density at radius 1 is 1.03 bits per heavy atom. The molecule has 1 aromatic heterocycles. The molecule has 0 bridgehead atoms. The molecule has 7 nitrogen and oxygen atoms in total. The first kappa shape index (κ1) is 23.3. The summed E-state index contributed by atoms with van der Waals surface area (Å²) >= 11 is 1.37. The fourth-order valence-electron chi connectivity index (χ4n) is 2.96. The predicted octanol–water partition coefficient (Wildman–Crippen LogP) is 4.33. The lowest BCUT2D eigenvalue weighted by Crippen LogP contribution is -2.14. The van der Waals surface area contributed by atoms with Gasteiger partial charge in [-0.1, -0.05) is 17.7 Å². The van der Waals surface area contributed by atoms with Crippen molar-refractivity contribution in [3.63, 3.8) is 0 Å². The number of carbonyl (C=O) groups is 2. The van der Waals surface area contributed by atoms with E-state index < -0.39 is 0 Å². The number of rotatable bonds is 10. The third-order valence-electron chi connectivity index (χ3n) is 4.66. The number of carbonyl (C=O) groups excluding carboxylic acids is 2. The van der Waals surface area contributed by atoms with Gasteiger partial charge in [-0.15, -0.1) is 11.3 Å². The maximum absolute atomic E-state index is 12.2. The molecule has 8 heteroatoms. The molecule has 0 atom stereocenters. The molecule has 1 amide bonds. The molecule has 32 heavy (non-hydrogen) atoms. The number of hydrogen-bond donors (Lipinski definition) is 1. The van der Waals surface area contributed by atoms with E-state index in [-0.39, 0.29) is 31.3 Å². The third kappa shape index (κ3) is 7.09. The molecule has 0 spiro atoms. The highest BCUT2D eigenvalue weighted by Gasteiger charge is 2.11. The van der Waals surface area contributed by atoms with Crippen LogP contribution in [0.3, 0.4) is 0 Å². The Kier molecular flexibility index (Phi) is 8.21. The molecule has 0 unspecified atom stereocenters. The van der Waals surface area contributed by atoms with E-state index in [0.717, 1.165) is 16.8 Å². The number of hydrogen-bond acceptors (Lipinski definition) is 7. The van der Waals surface area contributed by atoms with Gasteiger partial charge in [0.15, 0.2) is 0 Å². The number of amides is 1. The lowest BCUT2D eigenvalue weighted by Gasteiger charge is -2.08. The Bertz CT molecular complexity index is 1040. The number of ether oxygens (including phenoxy) is 3. The second kappa shape index (κ2) is 11.3. The lowest BCUT2D eigenvalue weighted by atomic mass is 10.1. The molecule has 0 aliphatic carbocycles. The number of methoxy groups -OCH3 is 2. The van der Waals surface area contributed by atoms with Gasteiger partial charge in [0.2, 0.25) is 5.91 Å². The number of nitrogens with one attached hydrogen (secondary N) is 1. The molecule has 0 saturated carbocycles. The van der Waals surface area contributed by atoms with Crippen LogP contribution in [0.5, 0.6) is 11.5 Å². The van der Waals surface area contributed by atoms with Crippen molar-refractivity contribution < 1.29 is 23.8 Å². The Morgan fingerprint density at radius 3 is 2.38 bits per heavy atom. The smallest absolute Gasteiger partial charge is 0.306 e.